The Kier molecular flexibility index (Phi) is 5.42. The summed E-state index contributed by atoms with van der Waals surface area (Å²) in [5.74, 6) is 0.553. The Bertz CT molecular complexity index is 639. The Morgan fingerprint density at radius 1 is 1.18 bits per heavy atom. The molecular weight excluding hydrogens is 276 g/mol. The lowest BCUT2D eigenvalue weighted by atomic mass is 10.0. The van der Waals surface area contributed by atoms with Crippen molar-refractivity contribution in [2.24, 2.45) is 5.92 Å². The summed E-state index contributed by atoms with van der Waals surface area (Å²) >= 11 is 0. The van der Waals surface area contributed by atoms with E-state index in [-0.39, 0.29) is 5.75 Å². The van der Waals surface area contributed by atoms with E-state index in [1.54, 1.807) is 18.2 Å². The SMILES string of the molecule is CC(CC(C)CNc1cccc(O)c1)=[N+]([O-])c1ccccc1. The smallest absolute Gasteiger partial charge is 0.216 e. The van der Waals surface area contributed by atoms with E-state index in [2.05, 4.69) is 12.2 Å². The van der Waals surface area contributed by atoms with Crippen LogP contribution in [0, 0.1) is 11.1 Å². The lowest BCUT2D eigenvalue weighted by Gasteiger charge is -2.14. The maximum absolute atomic E-state index is 12.2. The molecule has 116 valence electrons. The minimum Gasteiger partial charge on any atom is -0.618 e. The zero-order valence-electron chi connectivity index (χ0n) is 13.0. The molecule has 4 nitrogen and oxygen atoms in total. The number of nitrogens with zero attached hydrogens (tertiary/aromatic N) is 1. The maximum Gasteiger partial charge on any atom is 0.216 e. The lowest BCUT2D eigenvalue weighted by molar-refractivity contribution is -0.363. The van der Waals surface area contributed by atoms with E-state index >= 15 is 0 Å². The first-order chi connectivity index (χ1) is 10.6. The molecule has 0 aliphatic carbocycles. The van der Waals surface area contributed by atoms with Crippen molar-refractivity contribution in [1.29, 1.82) is 0 Å². The fraction of sp³-hybridized carbons (Fsp3) is 0.278. The van der Waals surface area contributed by atoms with Crippen LogP contribution in [0.3, 0.4) is 0 Å². The van der Waals surface area contributed by atoms with Crippen molar-refractivity contribution in [3.05, 3.63) is 59.8 Å². The van der Waals surface area contributed by atoms with Gasteiger partial charge in [0.1, 0.15) is 5.75 Å². The van der Waals surface area contributed by atoms with Gasteiger partial charge in [0.15, 0.2) is 5.71 Å². The molecule has 2 aromatic carbocycles. The van der Waals surface area contributed by atoms with Crippen LogP contribution in [0.5, 0.6) is 5.75 Å². The Morgan fingerprint density at radius 2 is 1.91 bits per heavy atom. The number of aromatic hydroxyl groups is 1. The van der Waals surface area contributed by atoms with Crippen LogP contribution in [0.25, 0.3) is 0 Å². The number of benzene rings is 2. The predicted octanol–water partition coefficient (Wildman–Crippen LogP) is 4.13. The highest BCUT2D eigenvalue weighted by molar-refractivity contribution is 5.78. The average molecular weight is 298 g/mol. The number of para-hydroxylation sites is 1. The van der Waals surface area contributed by atoms with E-state index in [0.29, 0.717) is 18.0 Å². The van der Waals surface area contributed by atoms with Gasteiger partial charge >= 0.3 is 0 Å². The molecule has 0 aromatic heterocycles. The molecule has 0 spiro atoms. The van der Waals surface area contributed by atoms with E-state index in [0.717, 1.165) is 22.7 Å². The van der Waals surface area contributed by atoms with Gasteiger partial charge < -0.3 is 15.6 Å². The van der Waals surface area contributed by atoms with Crippen molar-refractivity contribution in [1.82, 2.24) is 0 Å². The largest absolute Gasteiger partial charge is 0.618 e. The number of phenols is 1. The van der Waals surface area contributed by atoms with Crippen LogP contribution < -0.4 is 5.32 Å². The van der Waals surface area contributed by atoms with Crippen LogP contribution in [0.1, 0.15) is 20.3 Å². The van der Waals surface area contributed by atoms with Crippen molar-refractivity contribution in [2.75, 3.05) is 11.9 Å². The third kappa shape index (κ3) is 4.52. The molecule has 0 heterocycles. The van der Waals surface area contributed by atoms with Crippen molar-refractivity contribution in [2.45, 2.75) is 20.3 Å². The number of anilines is 1. The molecule has 0 bridgehead atoms. The molecule has 0 aliphatic rings. The molecule has 0 saturated carbocycles. The molecule has 0 fully saturated rings. The Morgan fingerprint density at radius 3 is 2.59 bits per heavy atom. The average Bonchev–Trinajstić information content (AvgIpc) is 2.53. The van der Waals surface area contributed by atoms with Gasteiger partial charge in [-0.3, -0.25) is 0 Å². The highest BCUT2D eigenvalue weighted by Gasteiger charge is 2.11. The normalized spacial score (nSPS) is 13.4. The van der Waals surface area contributed by atoms with Gasteiger partial charge in [-0.1, -0.05) is 31.2 Å². The molecule has 0 amide bonds. The second-order valence-electron chi connectivity index (χ2n) is 5.61. The topological polar surface area (TPSA) is 58.3 Å². The highest BCUT2D eigenvalue weighted by Crippen LogP contribution is 2.17. The van der Waals surface area contributed by atoms with Gasteiger partial charge in [0.2, 0.25) is 5.69 Å². The lowest BCUT2D eigenvalue weighted by Crippen LogP contribution is -2.17. The number of hydrogen-bond donors (Lipinski definition) is 2. The molecule has 2 N–H and O–H groups in total. The van der Waals surface area contributed by atoms with E-state index in [9.17, 15) is 10.3 Å². The minimum atomic E-state index is 0.246. The quantitative estimate of drug-likeness (QED) is 0.365. The minimum absolute atomic E-state index is 0.246. The zero-order valence-corrected chi connectivity index (χ0v) is 13.0. The Hall–Kier alpha value is -2.49. The number of nitrogens with one attached hydrogen (secondary N) is 1. The second kappa shape index (κ2) is 7.50. The molecule has 0 aliphatic heterocycles. The molecular formula is C18H22N2O2. The second-order valence-corrected chi connectivity index (χ2v) is 5.61. The zero-order chi connectivity index (χ0) is 15.9. The van der Waals surface area contributed by atoms with Gasteiger partial charge in [-0.05, 0) is 18.1 Å². The van der Waals surface area contributed by atoms with Crippen molar-refractivity contribution in [3.8, 4) is 5.75 Å². The van der Waals surface area contributed by atoms with Gasteiger partial charge in [0, 0.05) is 43.8 Å². The summed E-state index contributed by atoms with van der Waals surface area (Å²) in [6.07, 6.45) is 0.713. The Labute approximate surface area is 131 Å². The molecule has 0 saturated heterocycles. The Balaban J connectivity index is 1.92. The first kappa shape index (κ1) is 15.9. The van der Waals surface area contributed by atoms with Crippen molar-refractivity contribution >= 4 is 17.1 Å². The van der Waals surface area contributed by atoms with Gasteiger partial charge in [-0.2, -0.15) is 4.74 Å². The summed E-state index contributed by atoms with van der Waals surface area (Å²) in [6, 6.07) is 16.3. The molecule has 4 heteroatoms. The van der Waals surface area contributed by atoms with Crippen LogP contribution in [0.4, 0.5) is 11.4 Å². The van der Waals surface area contributed by atoms with E-state index in [4.69, 9.17) is 0 Å². The van der Waals surface area contributed by atoms with E-state index < -0.39 is 0 Å². The number of phenolic OH excluding ortho intramolecular Hbond substituents is 1. The molecule has 2 aromatic rings. The predicted molar refractivity (Wildman–Crippen MR) is 90.8 cm³/mol. The summed E-state index contributed by atoms with van der Waals surface area (Å²) in [6.45, 7) is 4.70. The van der Waals surface area contributed by atoms with Gasteiger partial charge in [-0.25, -0.2) is 0 Å². The monoisotopic (exact) mass is 298 g/mol. The number of rotatable bonds is 6. The summed E-state index contributed by atoms with van der Waals surface area (Å²) < 4.78 is 0.991. The van der Waals surface area contributed by atoms with Crippen LogP contribution in [0.15, 0.2) is 54.6 Å². The first-order valence-electron chi connectivity index (χ1n) is 7.44. The molecule has 2 rings (SSSR count). The summed E-state index contributed by atoms with van der Waals surface area (Å²) in [4.78, 5) is 0. The van der Waals surface area contributed by atoms with E-state index in [1.165, 1.54) is 0 Å². The van der Waals surface area contributed by atoms with Gasteiger partial charge in [0.05, 0.1) is 0 Å². The standard InChI is InChI=1S/C18H22N2O2/c1-14(13-19-16-7-6-10-18(21)12-16)11-15(2)20(22)17-8-4-3-5-9-17/h3-10,12,14,19,21H,11,13H2,1-2H3. The van der Waals surface area contributed by atoms with Crippen LogP contribution in [-0.2, 0) is 0 Å². The molecule has 22 heavy (non-hydrogen) atoms. The summed E-state index contributed by atoms with van der Waals surface area (Å²) in [5.41, 5.74) is 2.33. The van der Waals surface area contributed by atoms with Crippen molar-refractivity contribution < 1.29 is 9.85 Å². The third-order valence-electron chi connectivity index (χ3n) is 3.48. The van der Waals surface area contributed by atoms with Gasteiger partial charge in [-0.15, -0.1) is 0 Å². The van der Waals surface area contributed by atoms with Crippen molar-refractivity contribution in [3.63, 3.8) is 0 Å². The third-order valence-corrected chi connectivity index (χ3v) is 3.48. The molecule has 1 atom stereocenters. The van der Waals surface area contributed by atoms with Crippen LogP contribution in [-0.4, -0.2) is 22.1 Å². The fourth-order valence-corrected chi connectivity index (χ4v) is 2.35. The van der Waals surface area contributed by atoms with Crippen LogP contribution in [0.2, 0.25) is 0 Å². The first-order valence-corrected chi connectivity index (χ1v) is 7.44. The highest BCUT2D eigenvalue weighted by atomic mass is 16.5. The molecule has 0 radical (unpaired) electrons. The fourth-order valence-electron chi connectivity index (χ4n) is 2.35. The van der Waals surface area contributed by atoms with Crippen LogP contribution >= 0.6 is 0 Å². The molecule has 1 unspecified atom stereocenters. The van der Waals surface area contributed by atoms with Gasteiger partial charge in [0.25, 0.3) is 0 Å². The number of hydrogen-bond acceptors (Lipinski definition) is 3. The summed E-state index contributed by atoms with van der Waals surface area (Å²) in [7, 11) is 0. The van der Waals surface area contributed by atoms with E-state index in [1.807, 2.05) is 43.3 Å². The summed E-state index contributed by atoms with van der Waals surface area (Å²) in [5, 5.41) is 24.9. The maximum atomic E-state index is 12.2.